The average Bonchev–Trinajstić information content (AvgIpc) is 2.45. The van der Waals surface area contributed by atoms with E-state index in [9.17, 15) is 4.79 Å². The monoisotopic (exact) mass is 263 g/mol. The topological polar surface area (TPSA) is 63.2 Å². The highest BCUT2D eigenvalue weighted by Crippen LogP contribution is 2.25. The van der Waals surface area contributed by atoms with E-state index in [0.29, 0.717) is 12.4 Å². The maximum absolute atomic E-state index is 12.2. The van der Waals surface area contributed by atoms with Gasteiger partial charge in [0.1, 0.15) is 0 Å². The van der Waals surface area contributed by atoms with E-state index in [-0.39, 0.29) is 11.3 Å². The molecule has 1 aliphatic heterocycles. The molecule has 5 heteroatoms. The summed E-state index contributed by atoms with van der Waals surface area (Å²) in [5, 5.41) is 6.28. The van der Waals surface area contributed by atoms with Gasteiger partial charge in [-0.05, 0) is 37.9 Å². The summed E-state index contributed by atoms with van der Waals surface area (Å²) in [4.78, 5) is 16.3. The van der Waals surface area contributed by atoms with Gasteiger partial charge < -0.3 is 15.4 Å². The van der Waals surface area contributed by atoms with Crippen molar-refractivity contribution < 1.29 is 9.53 Å². The number of hydrogen-bond acceptors (Lipinski definition) is 4. The molecule has 19 heavy (non-hydrogen) atoms. The minimum Gasteiger partial charge on any atom is -0.481 e. The molecule has 104 valence electrons. The van der Waals surface area contributed by atoms with Gasteiger partial charge in [0.15, 0.2) is 0 Å². The van der Waals surface area contributed by atoms with Gasteiger partial charge in [0.25, 0.3) is 0 Å². The van der Waals surface area contributed by atoms with E-state index in [4.69, 9.17) is 4.74 Å². The lowest BCUT2D eigenvalue weighted by molar-refractivity contribution is -0.131. The molecule has 0 aromatic carbocycles. The highest BCUT2D eigenvalue weighted by atomic mass is 16.5. The van der Waals surface area contributed by atoms with Gasteiger partial charge >= 0.3 is 0 Å². The fourth-order valence-corrected chi connectivity index (χ4v) is 2.32. The Morgan fingerprint density at radius 3 is 3.16 bits per heavy atom. The summed E-state index contributed by atoms with van der Waals surface area (Å²) < 4.78 is 5.06. The summed E-state index contributed by atoms with van der Waals surface area (Å²) in [6, 6.07) is 3.71. The number of ether oxygens (including phenoxy) is 1. The van der Waals surface area contributed by atoms with Gasteiger partial charge in [0.2, 0.25) is 11.8 Å². The van der Waals surface area contributed by atoms with Gasteiger partial charge in [0, 0.05) is 25.4 Å². The molecule has 1 aromatic heterocycles. The Balaban J connectivity index is 1.92. The lowest BCUT2D eigenvalue weighted by Crippen LogP contribution is -2.48. The number of methoxy groups -OCH3 is 1. The summed E-state index contributed by atoms with van der Waals surface area (Å²) in [5.74, 6) is 0.674. The van der Waals surface area contributed by atoms with E-state index in [2.05, 4.69) is 15.6 Å². The van der Waals surface area contributed by atoms with Crippen LogP contribution in [0.4, 0.5) is 0 Å². The number of rotatable bonds is 4. The zero-order chi connectivity index (χ0) is 13.7. The van der Waals surface area contributed by atoms with E-state index in [1.165, 1.54) is 0 Å². The highest BCUT2D eigenvalue weighted by Gasteiger charge is 2.34. The van der Waals surface area contributed by atoms with Crippen molar-refractivity contribution in [3.63, 3.8) is 0 Å². The van der Waals surface area contributed by atoms with Crippen LogP contribution in [0.2, 0.25) is 0 Å². The number of nitrogens with zero attached hydrogens (tertiary/aromatic N) is 1. The van der Waals surface area contributed by atoms with Crippen LogP contribution in [0.1, 0.15) is 25.3 Å². The van der Waals surface area contributed by atoms with Crippen LogP contribution in [0.5, 0.6) is 5.88 Å². The van der Waals surface area contributed by atoms with E-state index in [0.717, 1.165) is 31.5 Å². The summed E-state index contributed by atoms with van der Waals surface area (Å²) in [6.07, 6.45) is 3.67. The summed E-state index contributed by atoms with van der Waals surface area (Å²) in [7, 11) is 1.58. The SMILES string of the molecule is COc1cc(CNC(=O)C2(C)CCCNC2)ccn1. The number of piperidine rings is 1. The molecule has 1 atom stereocenters. The second-order valence-electron chi connectivity index (χ2n) is 5.23. The normalized spacial score (nSPS) is 22.8. The van der Waals surface area contributed by atoms with Gasteiger partial charge in [-0.3, -0.25) is 4.79 Å². The number of carbonyl (C=O) groups excluding carboxylic acids is 1. The fraction of sp³-hybridized carbons (Fsp3) is 0.571. The molecule has 2 N–H and O–H groups in total. The van der Waals surface area contributed by atoms with Crippen molar-refractivity contribution in [3.05, 3.63) is 23.9 Å². The Labute approximate surface area is 113 Å². The molecule has 5 nitrogen and oxygen atoms in total. The number of amides is 1. The first-order valence-electron chi connectivity index (χ1n) is 6.62. The van der Waals surface area contributed by atoms with Crippen LogP contribution in [0.25, 0.3) is 0 Å². The minimum atomic E-state index is -0.296. The van der Waals surface area contributed by atoms with Crippen LogP contribution >= 0.6 is 0 Å². The smallest absolute Gasteiger partial charge is 0.227 e. The molecule has 0 radical (unpaired) electrons. The first-order chi connectivity index (χ1) is 9.14. The van der Waals surface area contributed by atoms with E-state index in [1.54, 1.807) is 13.3 Å². The van der Waals surface area contributed by atoms with Crippen molar-refractivity contribution in [1.29, 1.82) is 0 Å². The fourth-order valence-electron chi connectivity index (χ4n) is 2.32. The maximum atomic E-state index is 12.2. The molecular formula is C14H21N3O2. The molecule has 1 aromatic rings. The number of nitrogens with one attached hydrogen (secondary N) is 2. The second-order valence-corrected chi connectivity index (χ2v) is 5.23. The molecule has 0 aliphatic carbocycles. The van der Waals surface area contributed by atoms with Crippen molar-refractivity contribution in [1.82, 2.24) is 15.6 Å². The predicted octanol–water partition coefficient (Wildman–Crippen LogP) is 1.10. The second kappa shape index (κ2) is 6.02. The predicted molar refractivity (Wildman–Crippen MR) is 72.8 cm³/mol. The zero-order valence-electron chi connectivity index (χ0n) is 11.5. The summed E-state index contributed by atoms with van der Waals surface area (Å²) in [5.41, 5.74) is 0.697. The Morgan fingerprint density at radius 1 is 1.63 bits per heavy atom. The average molecular weight is 263 g/mol. The van der Waals surface area contributed by atoms with Crippen LogP contribution in [0.3, 0.4) is 0 Å². The van der Waals surface area contributed by atoms with Gasteiger partial charge in [-0.2, -0.15) is 0 Å². The van der Waals surface area contributed by atoms with Crippen LogP contribution in [-0.4, -0.2) is 31.1 Å². The minimum absolute atomic E-state index is 0.107. The van der Waals surface area contributed by atoms with E-state index < -0.39 is 0 Å². The molecule has 1 unspecified atom stereocenters. The van der Waals surface area contributed by atoms with E-state index >= 15 is 0 Å². The van der Waals surface area contributed by atoms with Crippen molar-refractivity contribution in [2.75, 3.05) is 20.2 Å². The molecule has 1 fully saturated rings. The Hall–Kier alpha value is -1.62. The van der Waals surface area contributed by atoms with Gasteiger partial charge in [0.05, 0.1) is 12.5 Å². The molecule has 0 bridgehead atoms. The molecule has 0 spiro atoms. The summed E-state index contributed by atoms with van der Waals surface area (Å²) in [6.45, 7) is 4.28. The van der Waals surface area contributed by atoms with Crippen LogP contribution < -0.4 is 15.4 Å². The number of aromatic nitrogens is 1. The lowest BCUT2D eigenvalue weighted by Gasteiger charge is -2.32. The Kier molecular flexibility index (Phi) is 4.37. The number of hydrogen-bond donors (Lipinski definition) is 2. The van der Waals surface area contributed by atoms with Crippen LogP contribution in [0, 0.1) is 5.41 Å². The number of carbonyl (C=O) groups is 1. The molecule has 1 aliphatic rings. The molecule has 1 saturated heterocycles. The third-order valence-corrected chi connectivity index (χ3v) is 3.61. The van der Waals surface area contributed by atoms with Crippen LogP contribution in [0.15, 0.2) is 18.3 Å². The molecule has 2 heterocycles. The van der Waals surface area contributed by atoms with Gasteiger partial charge in [-0.1, -0.05) is 0 Å². The van der Waals surface area contributed by atoms with E-state index in [1.807, 2.05) is 19.1 Å². The largest absolute Gasteiger partial charge is 0.481 e. The molecule has 1 amide bonds. The zero-order valence-corrected chi connectivity index (χ0v) is 11.5. The van der Waals surface area contributed by atoms with Crippen molar-refractivity contribution in [2.24, 2.45) is 5.41 Å². The Bertz CT molecular complexity index is 442. The standard InChI is InChI=1S/C14H21N3O2/c1-14(5-3-6-15-10-14)13(18)17-9-11-4-7-16-12(8-11)19-2/h4,7-8,15H,3,5-6,9-10H2,1-2H3,(H,17,18). The van der Waals surface area contributed by atoms with Gasteiger partial charge in [-0.25, -0.2) is 4.98 Å². The summed E-state index contributed by atoms with van der Waals surface area (Å²) >= 11 is 0. The van der Waals surface area contributed by atoms with Crippen molar-refractivity contribution in [2.45, 2.75) is 26.3 Å². The first kappa shape index (κ1) is 13.8. The van der Waals surface area contributed by atoms with Crippen molar-refractivity contribution >= 4 is 5.91 Å². The Morgan fingerprint density at radius 2 is 2.47 bits per heavy atom. The first-order valence-corrected chi connectivity index (χ1v) is 6.62. The maximum Gasteiger partial charge on any atom is 0.227 e. The highest BCUT2D eigenvalue weighted by molar-refractivity contribution is 5.82. The molecular weight excluding hydrogens is 242 g/mol. The molecule has 0 saturated carbocycles. The third kappa shape index (κ3) is 3.44. The lowest BCUT2D eigenvalue weighted by atomic mass is 9.82. The number of pyridine rings is 1. The van der Waals surface area contributed by atoms with Gasteiger partial charge in [-0.15, -0.1) is 0 Å². The third-order valence-electron chi connectivity index (χ3n) is 3.61. The van der Waals surface area contributed by atoms with Crippen molar-refractivity contribution in [3.8, 4) is 5.88 Å². The molecule has 2 rings (SSSR count). The quantitative estimate of drug-likeness (QED) is 0.854. The van der Waals surface area contributed by atoms with Crippen LogP contribution in [-0.2, 0) is 11.3 Å².